The van der Waals surface area contributed by atoms with Crippen molar-refractivity contribution in [3.8, 4) is 0 Å². The summed E-state index contributed by atoms with van der Waals surface area (Å²) in [7, 11) is -3.48. The van der Waals surface area contributed by atoms with Crippen LogP contribution in [0.5, 0.6) is 0 Å². The van der Waals surface area contributed by atoms with Gasteiger partial charge < -0.3 is 4.74 Å². The van der Waals surface area contributed by atoms with Gasteiger partial charge in [-0.2, -0.15) is 11.8 Å². The van der Waals surface area contributed by atoms with Gasteiger partial charge >= 0.3 is 0 Å². The fraction of sp³-hybridized carbons (Fsp3) is 0.571. The van der Waals surface area contributed by atoms with Crippen molar-refractivity contribution < 1.29 is 17.5 Å². The normalized spacial score (nSPS) is 30.8. The van der Waals surface area contributed by atoms with E-state index < -0.39 is 20.9 Å². The monoisotopic (exact) mass is 316 g/mol. The summed E-state index contributed by atoms with van der Waals surface area (Å²) in [5.41, 5.74) is -0.284. The number of benzene rings is 1. The molecule has 0 radical (unpaired) electrons. The molecule has 3 rings (SSSR count). The lowest BCUT2D eigenvalue weighted by atomic mass is 9.93. The molecule has 110 valence electrons. The maximum Gasteiger partial charge on any atom is 0.181 e. The Hall–Kier alpha value is -0.590. The SMILES string of the molecule is O=S(=O)(c1cccc(F)c1)C1CCOC2(CCSC2)C1. The van der Waals surface area contributed by atoms with Crippen LogP contribution in [0.1, 0.15) is 19.3 Å². The molecule has 2 aliphatic heterocycles. The van der Waals surface area contributed by atoms with Gasteiger partial charge in [-0.15, -0.1) is 0 Å². The Morgan fingerprint density at radius 3 is 2.95 bits per heavy atom. The number of thioether (sulfide) groups is 1. The van der Waals surface area contributed by atoms with Gasteiger partial charge in [-0.3, -0.25) is 0 Å². The Morgan fingerprint density at radius 1 is 1.40 bits per heavy atom. The number of ether oxygens (including phenoxy) is 1. The van der Waals surface area contributed by atoms with E-state index in [0.717, 1.165) is 24.0 Å². The van der Waals surface area contributed by atoms with E-state index in [-0.39, 0.29) is 10.5 Å². The third kappa shape index (κ3) is 2.61. The molecule has 0 aliphatic carbocycles. The molecule has 2 heterocycles. The van der Waals surface area contributed by atoms with Crippen LogP contribution in [0, 0.1) is 5.82 Å². The van der Waals surface area contributed by atoms with Crippen LogP contribution in [0.4, 0.5) is 4.39 Å². The Balaban J connectivity index is 1.87. The number of sulfone groups is 1. The molecule has 0 aromatic heterocycles. The number of hydrogen-bond acceptors (Lipinski definition) is 4. The number of rotatable bonds is 2. The highest BCUT2D eigenvalue weighted by Crippen LogP contribution is 2.41. The van der Waals surface area contributed by atoms with Crippen LogP contribution in [-0.4, -0.2) is 37.4 Å². The quantitative estimate of drug-likeness (QED) is 0.841. The Kier molecular flexibility index (Phi) is 3.81. The number of halogens is 1. The first-order chi connectivity index (χ1) is 9.52. The molecule has 2 unspecified atom stereocenters. The smallest absolute Gasteiger partial charge is 0.181 e. The molecule has 2 aliphatic rings. The van der Waals surface area contributed by atoms with Crippen molar-refractivity contribution in [3.05, 3.63) is 30.1 Å². The predicted octanol–water partition coefficient (Wildman–Crippen LogP) is 2.65. The average Bonchev–Trinajstić information content (AvgIpc) is 2.87. The van der Waals surface area contributed by atoms with Gasteiger partial charge in [0.1, 0.15) is 5.82 Å². The topological polar surface area (TPSA) is 43.4 Å². The maximum absolute atomic E-state index is 13.3. The summed E-state index contributed by atoms with van der Waals surface area (Å²) < 4.78 is 44.4. The zero-order valence-electron chi connectivity index (χ0n) is 11.0. The molecular weight excluding hydrogens is 299 g/mol. The van der Waals surface area contributed by atoms with Gasteiger partial charge in [0.15, 0.2) is 9.84 Å². The van der Waals surface area contributed by atoms with Gasteiger partial charge in [0, 0.05) is 12.4 Å². The highest BCUT2D eigenvalue weighted by atomic mass is 32.2. The molecule has 2 saturated heterocycles. The van der Waals surface area contributed by atoms with Crippen LogP contribution in [0.25, 0.3) is 0 Å². The summed E-state index contributed by atoms with van der Waals surface area (Å²) in [4.78, 5) is 0.0881. The molecule has 1 aromatic carbocycles. The minimum Gasteiger partial charge on any atom is -0.374 e. The van der Waals surface area contributed by atoms with Gasteiger partial charge in [-0.25, -0.2) is 12.8 Å². The van der Waals surface area contributed by atoms with E-state index in [9.17, 15) is 12.8 Å². The lowest BCUT2D eigenvalue weighted by Crippen LogP contribution is -2.44. The first kappa shape index (κ1) is 14.4. The van der Waals surface area contributed by atoms with E-state index in [4.69, 9.17) is 4.74 Å². The minimum absolute atomic E-state index is 0.0881. The van der Waals surface area contributed by atoms with Crippen molar-refractivity contribution >= 4 is 21.6 Å². The highest BCUT2D eigenvalue weighted by molar-refractivity contribution is 7.99. The van der Waals surface area contributed by atoms with Gasteiger partial charge in [-0.1, -0.05) is 6.07 Å². The molecule has 2 fully saturated rings. The van der Waals surface area contributed by atoms with Crippen molar-refractivity contribution in [3.63, 3.8) is 0 Å². The van der Waals surface area contributed by atoms with E-state index in [0.29, 0.717) is 19.4 Å². The first-order valence-corrected chi connectivity index (χ1v) is 9.43. The fourth-order valence-electron chi connectivity index (χ4n) is 2.95. The first-order valence-electron chi connectivity index (χ1n) is 6.73. The van der Waals surface area contributed by atoms with Crippen molar-refractivity contribution in [1.29, 1.82) is 0 Å². The predicted molar refractivity (Wildman–Crippen MR) is 77.2 cm³/mol. The number of hydrogen-bond donors (Lipinski definition) is 0. The van der Waals surface area contributed by atoms with E-state index in [2.05, 4.69) is 0 Å². The maximum atomic E-state index is 13.3. The van der Waals surface area contributed by atoms with Crippen LogP contribution >= 0.6 is 11.8 Å². The van der Waals surface area contributed by atoms with Crippen LogP contribution in [0.15, 0.2) is 29.2 Å². The standard InChI is InChI=1S/C14H17FO3S2/c15-11-2-1-3-12(8-11)20(16,17)13-4-6-18-14(9-13)5-7-19-10-14/h1-3,8,13H,4-7,9-10H2. The zero-order valence-corrected chi connectivity index (χ0v) is 12.7. The van der Waals surface area contributed by atoms with Crippen molar-refractivity contribution in [2.45, 2.75) is 35.0 Å². The van der Waals surface area contributed by atoms with Gasteiger partial charge in [0.2, 0.25) is 0 Å². The molecule has 1 aromatic rings. The van der Waals surface area contributed by atoms with Crippen LogP contribution in [-0.2, 0) is 14.6 Å². The van der Waals surface area contributed by atoms with E-state index in [1.54, 1.807) is 0 Å². The lowest BCUT2D eigenvalue weighted by Gasteiger charge is -2.37. The second-order valence-corrected chi connectivity index (χ2v) is 8.78. The van der Waals surface area contributed by atoms with Crippen molar-refractivity contribution in [1.82, 2.24) is 0 Å². The molecule has 6 heteroatoms. The summed E-state index contributed by atoms with van der Waals surface area (Å²) in [5, 5.41) is -0.461. The molecular formula is C14H17FO3S2. The fourth-order valence-corrected chi connectivity index (χ4v) is 6.19. The Labute approximate surface area is 122 Å². The molecule has 0 amide bonds. The van der Waals surface area contributed by atoms with Gasteiger partial charge in [-0.05, 0) is 43.2 Å². The van der Waals surface area contributed by atoms with Gasteiger partial charge in [0.25, 0.3) is 0 Å². The lowest BCUT2D eigenvalue weighted by molar-refractivity contribution is -0.0572. The largest absolute Gasteiger partial charge is 0.374 e. The summed E-state index contributed by atoms with van der Waals surface area (Å²) in [6, 6.07) is 5.30. The molecule has 0 saturated carbocycles. The van der Waals surface area contributed by atoms with E-state index in [1.165, 1.54) is 18.2 Å². The van der Waals surface area contributed by atoms with Crippen LogP contribution in [0.3, 0.4) is 0 Å². The molecule has 0 bridgehead atoms. The van der Waals surface area contributed by atoms with Crippen LogP contribution in [0.2, 0.25) is 0 Å². The second-order valence-electron chi connectivity index (χ2n) is 5.45. The van der Waals surface area contributed by atoms with Gasteiger partial charge in [0.05, 0.1) is 15.7 Å². The molecule has 3 nitrogen and oxygen atoms in total. The third-order valence-corrected chi connectivity index (χ3v) is 7.49. The molecule has 20 heavy (non-hydrogen) atoms. The summed E-state index contributed by atoms with van der Waals surface area (Å²) >= 11 is 1.81. The minimum atomic E-state index is -3.48. The second kappa shape index (κ2) is 5.31. The summed E-state index contributed by atoms with van der Waals surface area (Å²) in [5.74, 6) is 1.37. The van der Waals surface area contributed by atoms with E-state index in [1.807, 2.05) is 11.8 Å². The average molecular weight is 316 g/mol. The van der Waals surface area contributed by atoms with Crippen molar-refractivity contribution in [2.75, 3.05) is 18.1 Å². The zero-order chi connectivity index (χ0) is 14.2. The van der Waals surface area contributed by atoms with E-state index >= 15 is 0 Å². The molecule has 2 atom stereocenters. The molecule has 1 spiro atoms. The van der Waals surface area contributed by atoms with Crippen LogP contribution < -0.4 is 0 Å². The van der Waals surface area contributed by atoms with Crippen molar-refractivity contribution in [2.24, 2.45) is 0 Å². The third-order valence-electron chi connectivity index (χ3n) is 4.08. The highest BCUT2D eigenvalue weighted by Gasteiger charge is 2.44. The molecule has 0 N–H and O–H groups in total. The Morgan fingerprint density at radius 2 is 2.25 bits per heavy atom. The summed E-state index contributed by atoms with van der Waals surface area (Å²) in [6.45, 7) is 0.472. The Bertz CT molecular complexity index is 594. The summed E-state index contributed by atoms with van der Waals surface area (Å²) in [6.07, 6.45) is 1.93.